The van der Waals surface area contributed by atoms with Crippen molar-refractivity contribution in [3.63, 3.8) is 0 Å². The van der Waals surface area contributed by atoms with E-state index in [9.17, 15) is 8.42 Å². The van der Waals surface area contributed by atoms with Crippen molar-refractivity contribution in [2.75, 3.05) is 12.5 Å². The maximum atomic E-state index is 11.6. The van der Waals surface area contributed by atoms with Gasteiger partial charge in [-0.05, 0) is 19.1 Å². The van der Waals surface area contributed by atoms with Crippen LogP contribution in [0.3, 0.4) is 0 Å². The van der Waals surface area contributed by atoms with Crippen LogP contribution >= 0.6 is 11.8 Å². The Morgan fingerprint density at radius 1 is 1.47 bits per heavy atom. The van der Waals surface area contributed by atoms with Crippen LogP contribution in [0.2, 0.25) is 0 Å². The minimum atomic E-state index is -3.11. The summed E-state index contributed by atoms with van der Waals surface area (Å²) in [6.07, 6.45) is 5.81. The van der Waals surface area contributed by atoms with Gasteiger partial charge in [-0.1, -0.05) is 11.8 Å². The fourth-order valence-electron chi connectivity index (χ4n) is 1.52. The Labute approximate surface area is 92.6 Å². The van der Waals surface area contributed by atoms with E-state index in [0.29, 0.717) is 23.7 Å². The first-order valence-corrected chi connectivity index (χ1v) is 7.55. The molecule has 0 aliphatic heterocycles. The molecule has 1 aromatic rings. The van der Waals surface area contributed by atoms with Gasteiger partial charge in [0.2, 0.25) is 5.16 Å². The fraction of sp³-hybridized carbons (Fsp3) is 0.625. The van der Waals surface area contributed by atoms with E-state index >= 15 is 0 Å². The number of nitrogens with zero attached hydrogens (tertiary/aromatic N) is 3. The van der Waals surface area contributed by atoms with Crippen LogP contribution < -0.4 is 0 Å². The van der Waals surface area contributed by atoms with Gasteiger partial charge in [-0.2, -0.15) is 5.10 Å². The monoisotopic (exact) mass is 245 g/mol. The van der Waals surface area contributed by atoms with Crippen molar-refractivity contribution in [2.45, 2.75) is 22.7 Å². The molecule has 0 saturated heterocycles. The quantitative estimate of drug-likeness (QED) is 0.727. The highest BCUT2D eigenvalue weighted by atomic mass is 32.2. The summed E-state index contributed by atoms with van der Waals surface area (Å²) in [5.74, 6) is 0. The summed E-state index contributed by atoms with van der Waals surface area (Å²) in [5.41, 5.74) is 0.532. The van der Waals surface area contributed by atoms with Gasteiger partial charge in [0.05, 0.1) is 11.9 Å². The molecule has 15 heavy (non-hydrogen) atoms. The molecule has 2 rings (SSSR count). The van der Waals surface area contributed by atoms with E-state index in [2.05, 4.69) is 15.2 Å². The maximum Gasteiger partial charge on any atom is 0.209 e. The van der Waals surface area contributed by atoms with E-state index in [1.165, 1.54) is 24.2 Å². The third kappa shape index (κ3) is 1.74. The molecular weight excluding hydrogens is 234 g/mol. The molecule has 0 spiro atoms. The van der Waals surface area contributed by atoms with E-state index in [1.54, 1.807) is 0 Å². The smallest absolute Gasteiger partial charge is 0.209 e. The van der Waals surface area contributed by atoms with Crippen molar-refractivity contribution in [2.24, 2.45) is 0 Å². The Bertz CT molecular complexity index is 482. The first-order chi connectivity index (χ1) is 6.99. The minimum absolute atomic E-state index is 0.516. The van der Waals surface area contributed by atoms with E-state index in [-0.39, 0.29) is 0 Å². The molecule has 0 amide bonds. The standard InChI is InChI=1S/C8H11N3O2S2/c1-14-7-10-6(5-9-11-7)8(3-4-8)15(2,12)13/h5H,3-4H2,1-2H3. The molecule has 7 heteroatoms. The lowest BCUT2D eigenvalue weighted by atomic mass is 10.3. The summed E-state index contributed by atoms with van der Waals surface area (Å²) in [6, 6.07) is 0. The van der Waals surface area contributed by atoms with Crippen LogP contribution in [-0.4, -0.2) is 36.1 Å². The van der Waals surface area contributed by atoms with Gasteiger partial charge in [0, 0.05) is 6.26 Å². The van der Waals surface area contributed by atoms with Crippen molar-refractivity contribution in [1.29, 1.82) is 0 Å². The molecule has 0 aromatic carbocycles. The predicted molar refractivity (Wildman–Crippen MR) is 57.4 cm³/mol. The van der Waals surface area contributed by atoms with E-state index in [4.69, 9.17) is 0 Å². The van der Waals surface area contributed by atoms with Crippen LogP contribution in [0.4, 0.5) is 0 Å². The van der Waals surface area contributed by atoms with E-state index < -0.39 is 14.6 Å². The van der Waals surface area contributed by atoms with Gasteiger partial charge >= 0.3 is 0 Å². The average Bonchev–Trinajstić information content (AvgIpc) is 2.97. The fourth-order valence-corrected chi connectivity index (χ4v) is 3.16. The molecule has 0 unspecified atom stereocenters. The molecule has 82 valence electrons. The van der Waals surface area contributed by atoms with Crippen molar-refractivity contribution < 1.29 is 8.42 Å². The molecule has 1 aliphatic rings. The lowest BCUT2D eigenvalue weighted by Gasteiger charge is -2.11. The van der Waals surface area contributed by atoms with Gasteiger partial charge in [0.15, 0.2) is 9.84 Å². The van der Waals surface area contributed by atoms with Crippen LogP contribution in [0.1, 0.15) is 18.5 Å². The highest BCUT2D eigenvalue weighted by Gasteiger charge is 2.55. The Morgan fingerprint density at radius 3 is 2.60 bits per heavy atom. The molecule has 1 aliphatic carbocycles. The first kappa shape index (κ1) is 10.8. The zero-order chi connectivity index (χ0) is 11.1. The summed E-state index contributed by atoms with van der Waals surface area (Å²) in [4.78, 5) is 4.20. The normalized spacial score (nSPS) is 18.8. The highest BCUT2D eigenvalue weighted by Crippen LogP contribution is 2.51. The Balaban J connectivity index is 2.47. The molecule has 1 saturated carbocycles. The second-order valence-electron chi connectivity index (χ2n) is 3.59. The summed E-state index contributed by atoms with van der Waals surface area (Å²) in [6.45, 7) is 0. The topological polar surface area (TPSA) is 72.8 Å². The van der Waals surface area contributed by atoms with Crippen molar-refractivity contribution in [3.05, 3.63) is 11.9 Å². The van der Waals surface area contributed by atoms with Gasteiger partial charge < -0.3 is 0 Å². The summed E-state index contributed by atoms with van der Waals surface area (Å²) < 4.78 is 22.5. The van der Waals surface area contributed by atoms with Crippen molar-refractivity contribution in [3.8, 4) is 0 Å². The van der Waals surface area contributed by atoms with Gasteiger partial charge in [-0.15, -0.1) is 5.10 Å². The summed E-state index contributed by atoms with van der Waals surface area (Å²) in [5, 5.41) is 8.08. The lowest BCUT2D eigenvalue weighted by molar-refractivity contribution is 0.581. The molecule has 1 fully saturated rings. The number of hydrogen-bond donors (Lipinski definition) is 0. The largest absolute Gasteiger partial charge is 0.228 e. The maximum absolute atomic E-state index is 11.6. The van der Waals surface area contributed by atoms with Gasteiger partial charge in [-0.3, -0.25) is 0 Å². The number of hydrogen-bond acceptors (Lipinski definition) is 6. The zero-order valence-electron chi connectivity index (χ0n) is 8.47. The Hall–Kier alpha value is -0.690. The molecular formula is C8H11N3O2S2. The van der Waals surface area contributed by atoms with E-state index in [1.807, 2.05) is 6.26 Å². The molecule has 5 nitrogen and oxygen atoms in total. The first-order valence-electron chi connectivity index (χ1n) is 4.43. The van der Waals surface area contributed by atoms with Crippen molar-refractivity contribution >= 4 is 21.6 Å². The Kier molecular flexibility index (Phi) is 2.46. The second-order valence-corrected chi connectivity index (χ2v) is 6.69. The molecule has 0 atom stereocenters. The third-order valence-corrected chi connectivity index (χ3v) is 5.18. The molecule has 0 bridgehead atoms. The number of aromatic nitrogens is 3. The van der Waals surface area contributed by atoms with Crippen molar-refractivity contribution in [1.82, 2.24) is 15.2 Å². The van der Waals surface area contributed by atoms with Crippen LogP contribution in [0.5, 0.6) is 0 Å². The molecule has 0 N–H and O–H groups in total. The SMILES string of the molecule is CSc1nncc(C2(S(C)(=O)=O)CC2)n1. The molecule has 1 aromatic heterocycles. The molecule has 1 heterocycles. The van der Waals surface area contributed by atoms with Gasteiger partial charge in [-0.25, -0.2) is 13.4 Å². The number of thioether (sulfide) groups is 1. The zero-order valence-corrected chi connectivity index (χ0v) is 10.1. The highest BCUT2D eigenvalue weighted by molar-refractivity contribution is 7.98. The van der Waals surface area contributed by atoms with Crippen LogP contribution in [0.15, 0.2) is 11.4 Å². The number of sulfone groups is 1. The summed E-state index contributed by atoms with van der Waals surface area (Å²) in [7, 11) is -3.11. The number of rotatable bonds is 3. The Morgan fingerprint density at radius 2 is 2.13 bits per heavy atom. The molecule has 0 radical (unpaired) electrons. The van der Waals surface area contributed by atoms with Gasteiger partial charge in [0.1, 0.15) is 4.75 Å². The van der Waals surface area contributed by atoms with Gasteiger partial charge in [0.25, 0.3) is 0 Å². The third-order valence-electron chi connectivity index (χ3n) is 2.60. The second kappa shape index (κ2) is 3.41. The van der Waals surface area contributed by atoms with Crippen LogP contribution in [0.25, 0.3) is 0 Å². The lowest BCUT2D eigenvalue weighted by Crippen LogP contribution is -2.21. The minimum Gasteiger partial charge on any atom is -0.228 e. The van der Waals surface area contributed by atoms with E-state index in [0.717, 1.165) is 0 Å². The predicted octanol–water partition coefficient (Wildman–Crippen LogP) is 0.627. The van der Waals surface area contributed by atoms with Crippen LogP contribution in [0, 0.1) is 0 Å². The average molecular weight is 245 g/mol. The summed E-state index contributed by atoms with van der Waals surface area (Å²) >= 11 is 1.36. The van der Waals surface area contributed by atoms with Crippen LogP contribution in [-0.2, 0) is 14.6 Å².